The van der Waals surface area contributed by atoms with Crippen LogP contribution in [0.25, 0.3) is 0 Å². The topological polar surface area (TPSA) is 61.0 Å². The van der Waals surface area contributed by atoms with Crippen LogP contribution < -0.4 is 10.5 Å². The summed E-state index contributed by atoms with van der Waals surface area (Å²) < 4.78 is 5.74. The summed E-state index contributed by atoms with van der Waals surface area (Å²) in [7, 11) is 0. The third-order valence-electron chi connectivity index (χ3n) is 3.21. The molecule has 0 amide bonds. The molecule has 1 aliphatic heterocycles. The van der Waals surface area contributed by atoms with Gasteiger partial charge in [0.05, 0.1) is 12.5 Å². The van der Waals surface area contributed by atoms with Gasteiger partial charge in [0.15, 0.2) is 0 Å². The first-order chi connectivity index (χ1) is 8.86. The first kappa shape index (κ1) is 11.2. The Morgan fingerprint density at radius 1 is 1.22 bits per heavy atom. The quantitative estimate of drug-likeness (QED) is 0.868. The van der Waals surface area contributed by atoms with Crippen molar-refractivity contribution in [3.63, 3.8) is 0 Å². The predicted molar refractivity (Wildman–Crippen MR) is 68.3 cm³/mol. The van der Waals surface area contributed by atoms with Gasteiger partial charge in [-0.25, -0.2) is 9.97 Å². The molecule has 0 aliphatic carbocycles. The van der Waals surface area contributed by atoms with Gasteiger partial charge in [0.2, 0.25) is 0 Å². The summed E-state index contributed by atoms with van der Waals surface area (Å²) in [5, 5.41) is 0. The van der Waals surface area contributed by atoms with Crippen LogP contribution in [-0.2, 0) is 13.0 Å². The number of para-hydroxylation sites is 1. The molecule has 1 aromatic carbocycles. The third kappa shape index (κ3) is 2.07. The van der Waals surface area contributed by atoms with E-state index in [2.05, 4.69) is 16.0 Å². The number of ether oxygens (including phenoxy) is 1. The molecule has 4 nitrogen and oxygen atoms in total. The molecule has 3 rings (SSSR count). The van der Waals surface area contributed by atoms with Gasteiger partial charge >= 0.3 is 0 Å². The van der Waals surface area contributed by atoms with E-state index in [0.29, 0.717) is 13.2 Å². The molecule has 0 fully saturated rings. The summed E-state index contributed by atoms with van der Waals surface area (Å²) in [4.78, 5) is 8.75. The molecule has 0 bridgehead atoms. The summed E-state index contributed by atoms with van der Waals surface area (Å²) in [6.07, 6.45) is 4.52. The minimum atomic E-state index is 0.228. The van der Waals surface area contributed by atoms with Crippen LogP contribution in [0.15, 0.2) is 36.7 Å². The Labute approximate surface area is 106 Å². The maximum Gasteiger partial charge on any atom is 0.135 e. The molecule has 92 valence electrons. The number of aromatic nitrogens is 2. The monoisotopic (exact) mass is 241 g/mol. The van der Waals surface area contributed by atoms with Gasteiger partial charge in [-0.15, -0.1) is 0 Å². The molecule has 2 aromatic rings. The second-order valence-corrected chi connectivity index (χ2v) is 4.47. The molecular formula is C14H15N3O. The van der Waals surface area contributed by atoms with E-state index in [1.165, 1.54) is 5.56 Å². The Morgan fingerprint density at radius 2 is 2.00 bits per heavy atom. The van der Waals surface area contributed by atoms with Crippen LogP contribution in [-0.4, -0.2) is 16.6 Å². The standard InChI is InChI=1S/C14H15N3O/c15-6-10-7-16-14(17-8-10)12-5-11-3-1-2-4-13(11)18-9-12/h1-4,7-8,12H,5-6,9,15H2. The molecule has 1 atom stereocenters. The number of benzene rings is 1. The molecular weight excluding hydrogens is 226 g/mol. The van der Waals surface area contributed by atoms with Crippen molar-refractivity contribution in [3.8, 4) is 5.75 Å². The first-order valence-electron chi connectivity index (χ1n) is 6.08. The molecule has 0 saturated carbocycles. The van der Waals surface area contributed by atoms with Gasteiger partial charge in [-0.05, 0) is 18.1 Å². The van der Waals surface area contributed by atoms with Gasteiger partial charge in [-0.2, -0.15) is 0 Å². The summed E-state index contributed by atoms with van der Waals surface area (Å²) >= 11 is 0. The molecule has 1 aliphatic rings. The molecule has 0 radical (unpaired) electrons. The highest BCUT2D eigenvalue weighted by Crippen LogP contribution is 2.30. The van der Waals surface area contributed by atoms with Gasteiger partial charge in [0.1, 0.15) is 11.6 Å². The fraction of sp³-hybridized carbons (Fsp3) is 0.286. The van der Waals surface area contributed by atoms with Gasteiger partial charge in [-0.1, -0.05) is 18.2 Å². The smallest absolute Gasteiger partial charge is 0.135 e. The van der Waals surface area contributed by atoms with Gasteiger partial charge < -0.3 is 10.5 Å². The lowest BCUT2D eigenvalue weighted by Gasteiger charge is -2.24. The molecule has 18 heavy (non-hydrogen) atoms. The van der Waals surface area contributed by atoms with E-state index in [0.717, 1.165) is 23.6 Å². The average molecular weight is 241 g/mol. The van der Waals surface area contributed by atoms with Crippen LogP contribution in [0.3, 0.4) is 0 Å². The molecule has 1 unspecified atom stereocenters. The fourth-order valence-corrected chi connectivity index (χ4v) is 2.17. The second-order valence-electron chi connectivity index (χ2n) is 4.47. The Hall–Kier alpha value is -1.94. The predicted octanol–water partition coefficient (Wildman–Crippen LogP) is 1.65. The van der Waals surface area contributed by atoms with Crippen molar-refractivity contribution in [2.45, 2.75) is 18.9 Å². The Balaban J connectivity index is 1.82. The fourth-order valence-electron chi connectivity index (χ4n) is 2.17. The Bertz CT molecular complexity index is 539. The molecule has 0 spiro atoms. The summed E-state index contributed by atoms with van der Waals surface area (Å²) in [5.41, 5.74) is 7.71. The summed E-state index contributed by atoms with van der Waals surface area (Å²) in [6.45, 7) is 1.11. The largest absolute Gasteiger partial charge is 0.493 e. The molecule has 2 heterocycles. The number of fused-ring (bicyclic) bond motifs is 1. The Kier molecular flexibility index (Phi) is 2.94. The van der Waals surface area contributed by atoms with Crippen LogP contribution in [0.5, 0.6) is 5.75 Å². The van der Waals surface area contributed by atoms with Crippen molar-refractivity contribution >= 4 is 0 Å². The highest BCUT2D eigenvalue weighted by atomic mass is 16.5. The lowest BCUT2D eigenvalue weighted by atomic mass is 9.96. The lowest BCUT2D eigenvalue weighted by molar-refractivity contribution is 0.257. The highest BCUT2D eigenvalue weighted by Gasteiger charge is 2.22. The van der Waals surface area contributed by atoms with E-state index in [-0.39, 0.29) is 5.92 Å². The summed E-state index contributed by atoms with van der Waals surface area (Å²) in [6, 6.07) is 8.12. The molecule has 4 heteroatoms. The highest BCUT2D eigenvalue weighted by molar-refractivity contribution is 5.36. The van der Waals surface area contributed by atoms with Crippen molar-refractivity contribution in [1.29, 1.82) is 0 Å². The minimum Gasteiger partial charge on any atom is -0.493 e. The average Bonchev–Trinajstić information content (AvgIpc) is 2.47. The third-order valence-corrected chi connectivity index (χ3v) is 3.21. The van der Waals surface area contributed by atoms with E-state index >= 15 is 0 Å². The van der Waals surface area contributed by atoms with E-state index in [9.17, 15) is 0 Å². The van der Waals surface area contributed by atoms with Crippen LogP contribution >= 0.6 is 0 Å². The second kappa shape index (κ2) is 4.74. The van der Waals surface area contributed by atoms with Crippen molar-refractivity contribution in [2.24, 2.45) is 5.73 Å². The van der Waals surface area contributed by atoms with Crippen molar-refractivity contribution in [2.75, 3.05) is 6.61 Å². The lowest BCUT2D eigenvalue weighted by Crippen LogP contribution is -2.21. The van der Waals surface area contributed by atoms with E-state index in [4.69, 9.17) is 10.5 Å². The molecule has 1 aromatic heterocycles. The van der Waals surface area contributed by atoms with Crippen LogP contribution in [0, 0.1) is 0 Å². The van der Waals surface area contributed by atoms with Gasteiger partial charge in [-0.3, -0.25) is 0 Å². The number of hydrogen-bond acceptors (Lipinski definition) is 4. The van der Waals surface area contributed by atoms with Crippen molar-refractivity contribution < 1.29 is 4.74 Å². The molecule has 0 saturated heterocycles. The van der Waals surface area contributed by atoms with E-state index < -0.39 is 0 Å². The maximum atomic E-state index is 5.74. The number of rotatable bonds is 2. The normalized spacial score (nSPS) is 17.9. The van der Waals surface area contributed by atoms with Crippen LogP contribution in [0.4, 0.5) is 0 Å². The minimum absolute atomic E-state index is 0.228. The van der Waals surface area contributed by atoms with Crippen LogP contribution in [0.1, 0.15) is 22.9 Å². The zero-order valence-corrected chi connectivity index (χ0v) is 10.0. The summed E-state index contributed by atoms with van der Waals surface area (Å²) in [5.74, 6) is 2.04. The first-order valence-corrected chi connectivity index (χ1v) is 6.08. The van der Waals surface area contributed by atoms with Crippen LogP contribution in [0.2, 0.25) is 0 Å². The maximum absolute atomic E-state index is 5.74. The van der Waals surface area contributed by atoms with Crippen molar-refractivity contribution in [1.82, 2.24) is 9.97 Å². The Morgan fingerprint density at radius 3 is 2.78 bits per heavy atom. The zero-order valence-electron chi connectivity index (χ0n) is 10.0. The zero-order chi connectivity index (χ0) is 12.4. The number of hydrogen-bond donors (Lipinski definition) is 1. The number of nitrogens with zero attached hydrogens (tertiary/aromatic N) is 2. The van der Waals surface area contributed by atoms with E-state index in [1.54, 1.807) is 12.4 Å². The SMILES string of the molecule is NCc1cnc(C2COc3ccccc3C2)nc1. The number of nitrogens with two attached hydrogens (primary N) is 1. The van der Waals surface area contributed by atoms with Gasteiger partial charge in [0.25, 0.3) is 0 Å². The van der Waals surface area contributed by atoms with Gasteiger partial charge in [0, 0.05) is 24.5 Å². The molecule has 2 N–H and O–H groups in total. The van der Waals surface area contributed by atoms with E-state index in [1.807, 2.05) is 18.2 Å². The van der Waals surface area contributed by atoms with Crippen molar-refractivity contribution in [3.05, 3.63) is 53.6 Å².